The van der Waals surface area contributed by atoms with Gasteiger partial charge < -0.3 is 5.11 Å². The minimum atomic E-state index is 0.306. The van der Waals surface area contributed by atoms with Crippen molar-refractivity contribution in [3.05, 3.63) is 30.0 Å². The number of hydrogen-bond acceptors (Lipinski definition) is 3. The molecule has 4 heteroatoms. The fraction of sp³-hybridized carbons (Fsp3) is 0.562. The van der Waals surface area contributed by atoms with Gasteiger partial charge in [-0.15, -0.1) is 0 Å². The lowest BCUT2D eigenvalue weighted by Crippen LogP contribution is -2.36. The molecule has 0 amide bonds. The van der Waals surface area contributed by atoms with Crippen molar-refractivity contribution >= 4 is 10.9 Å². The van der Waals surface area contributed by atoms with Gasteiger partial charge in [-0.05, 0) is 38.3 Å². The molecule has 2 heterocycles. The van der Waals surface area contributed by atoms with Crippen molar-refractivity contribution in [2.45, 2.75) is 32.9 Å². The molecule has 4 nitrogen and oxygen atoms in total. The topological polar surface area (TPSA) is 41.3 Å². The first-order valence-corrected chi connectivity index (χ1v) is 7.59. The van der Waals surface area contributed by atoms with E-state index in [4.69, 9.17) is 5.10 Å². The Morgan fingerprint density at radius 1 is 1.35 bits per heavy atom. The normalized spacial score (nSPS) is 20.6. The van der Waals surface area contributed by atoms with Gasteiger partial charge in [0.15, 0.2) is 0 Å². The number of para-hydroxylation sites is 1. The monoisotopic (exact) mass is 273 g/mol. The van der Waals surface area contributed by atoms with Crippen LogP contribution in [0.5, 0.6) is 0 Å². The van der Waals surface area contributed by atoms with Crippen LogP contribution in [0.15, 0.2) is 24.3 Å². The molecule has 0 bridgehead atoms. The Balaban J connectivity index is 1.83. The minimum absolute atomic E-state index is 0.306. The smallest absolute Gasteiger partial charge is 0.0843 e. The molecule has 1 aromatic heterocycles. The molecule has 1 saturated heterocycles. The molecule has 1 atom stereocenters. The molecule has 1 N–H and O–H groups in total. The number of aryl methyl sites for hydroxylation is 1. The van der Waals surface area contributed by atoms with Gasteiger partial charge in [-0.3, -0.25) is 9.58 Å². The van der Waals surface area contributed by atoms with Gasteiger partial charge in [0, 0.05) is 31.6 Å². The molecular formula is C16H23N3O. The van der Waals surface area contributed by atoms with E-state index in [1.807, 2.05) is 0 Å². The SMILES string of the molecule is CCn1nc(CN2CCCC(CO)C2)c2ccccc21. The van der Waals surface area contributed by atoms with Crippen molar-refractivity contribution in [3.8, 4) is 0 Å². The van der Waals surface area contributed by atoms with E-state index in [2.05, 4.69) is 40.8 Å². The molecule has 1 aromatic carbocycles. The standard InChI is InChI=1S/C16H23N3O/c1-2-19-16-8-4-3-7-14(16)15(17-19)11-18-9-5-6-13(10-18)12-20/h3-4,7-8,13,20H,2,5-6,9-12H2,1H3. The molecule has 108 valence electrons. The first-order valence-electron chi connectivity index (χ1n) is 7.59. The first-order chi connectivity index (χ1) is 9.81. The fourth-order valence-electron chi connectivity index (χ4n) is 3.21. The largest absolute Gasteiger partial charge is 0.396 e. The third-order valence-electron chi connectivity index (χ3n) is 4.27. The van der Waals surface area contributed by atoms with E-state index >= 15 is 0 Å². The lowest BCUT2D eigenvalue weighted by atomic mass is 9.99. The molecule has 3 rings (SSSR count). The maximum absolute atomic E-state index is 9.34. The predicted octanol–water partition coefficient (Wildman–Crippen LogP) is 2.26. The predicted molar refractivity (Wildman–Crippen MR) is 80.5 cm³/mol. The Labute approximate surface area is 120 Å². The number of benzene rings is 1. The van der Waals surface area contributed by atoms with Crippen LogP contribution in [0.25, 0.3) is 10.9 Å². The Hall–Kier alpha value is -1.39. The van der Waals surface area contributed by atoms with Crippen LogP contribution in [-0.2, 0) is 13.1 Å². The van der Waals surface area contributed by atoms with Gasteiger partial charge >= 0.3 is 0 Å². The van der Waals surface area contributed by atoms with Crippen LogP contribution in [0, 0.1) is 5.92 Å². The van der Waals surface area contributed by atoms with E-state index in [0.29, 0.717) is 12.5 Å². The number of aliphatic hydroxyl groups excluding tert-OH is 1. The van der Waals surface area contributed by atoms with Crippen LogP contribution >= 0.6 is 0 Å². The van der Waals surface area contributed by atoms with Crippen LogP contribution < -0.4 is 0 Å². The van der Waals surface area contributed by atoms with E-state index in [1.165, 1.54) is 23.0 Å². The van der Waals surface area contributed by atoms with Gasteiger partial charge in [0.05, 0.1) is 11.2 Å². The molecule has 2 aromatic rings. The summed E-state index contributed by atoms with van der Waals surface area (Å²) >= 11 is 0. The van der Waals surface area contributed by atoms with E-state index < -0.39 is 0 Å². The van der Waals surface area contributed by atoms with Gasteiger partial charge in [-0.25, -0.2) is 0 Å². The highest BCUT2D eigenvalue weighted by atomic mass is 16.3. The van der Waals surface area contributed by atoms with Gasteiger partial charge in [0.2, 0.25) is 0 Å². The third-order valence-corrected chi connectivity index (χ3v) is 4.27. The van der Waals surface area contributed by atoms with Crippen molar-refractivity contribution in [2.75, 3.05) is 19.7 Å². The number of aromatic nitrogens is 2. The number of aliphatic hydroxyl groups is 1. The Morgan fingerprint density at radius 2 is 2.20 bits per heavy atom. The van der Waals surface area contributed by atoms with Crippen molar-refractivity contribution in [2.24, 2.45) is 5.92 Å². The van der Waals surface area contributed by atoms with Crippen molar-refractivity contribution < 1.29 is 5.11 Å². The lowest BCUT2D eigenvalue weighted by molar-refractivity contribution is 0.115. The van der Waals surface area contributed by atoms with Gasteiger partial charge in [-0.1, -0.05) is 18.2 Å². The molecule has 1 aliphatic heterocycles. The highest BCUT2D eigenvalue weighted by Crippen LogP contribution is 2.22. The number of nitrogens with zero attached hydrogens (tertiary/aromatic N) is 3. The lowest BCUT2D eigenvalue weighted by Gasteiger charge is -2.31. The summed E-state index contributed by atoms with van der Waals surface area (Å²) in [7, 11) is 0. The summed E-state index contributed by atoms with van der Waals surface area (Å²) in [5, 5.41) is 15.4. The molecule has 0 spiro atoms. The highest BCUT2D eigenvalue weighted by Gasteiger charge is 2.21. The second-order valence-corrected chi connectivity index (χ2v) is 5.71. The van der Waals surface area contributed by atoms with Crippen molar-refractivity contribution in [1.29, 1.82) is 0 Å². The van der Waals surface area contributed by atoms with E-state index in [0.717, 1.165) is 32.6 Å². The summed E-state index contributed by atoms with van der Waals surface area (Å²) in [5.41, 5.74) is 2.39. The zero-order valence-electron chi connectivity index (χ0n) is 12.1. The average molecular weight is 273 g/mol. The van der Waals surface area contributed by atoms with E-state index in [9.17, 15) is 5.11 Å². The summed E-state index contributed by atoms with van der Waals surface area (Å²) in [5.74, 6) is 0.434. The zero-order valence-corrected chi connectivity index (χ0v) is 12.1. The number of fused-ring (bicyclic) bond motifs is 1. The van der Waals surface area contributed by atoms with Gasteiger partial charge in [0.1, 0.15) is 0 Å². The molecular weight excluding hydrogens is 250 g/mol. The second kappa shape index (κ2) is 5.94. The molecule has 0 aliphatic carbocycles. The van der Waals surface area contributed by atoms with Crippen LogP contribution in [0.4, 0.5) is 0 Å². The maximum atomic E-state index is 9.34. The van der Waals surface area contributed by atoms with Crippen LogP contribution in [-0.4, -0.2) is 39.5 Å². The van der Waals surface area contributed by atoms with Crippen LogP contribution in [0.2, 0.25) is 0 Å². The summed E-state index contributed by atoms with van der Waals surface area (Å²) in [6.07, 6.45) is 2.33. The molecule has 0 radical (unpaired) electrons. The Morgan fingerprint density at radius 3 is 3.00 bits per heavy atom. The molecule has 1 fully saturated rings. The quantitative estimate of drug-likeness (QED) is 0.929. The Kier molecular flexibility index (Phi) is 4.03. The summed E-state index contributed by atoms with van der Waals surface area (Å²) in [4.78, 5) is 2.43. The van der Waals surface area contributed by atoms with E-state index in [-0.39, 0.29) is 0 Å². The molecule has 0 saturated carbocycles. The van der Waals surface area contributed by atoms with E-state index in [1.54, 1.807) is 0 Å². The van der Waals surface area contributed by atoms with Crippen LogP contribution in [0.1, 0.15) is 25.5 Å². The third kappa shape index (κ3) is 2.58. The summed E-state index contributed by atoms with van der Waals surface area (Å²) in [6.45, 7) is 6.34. The molecule has 1 aliphatic rings. The fourth-order valence-corrected chi connectivity index (χ4v) is 3.21. The Bertz CT molecular complexity index is 578. The summed E-state index contributed by atoms with van der Waals surface area (Å²) in [6, 6.07) is 8.46. The number of likely N-dealkylation sites (tertiary alicyclic amines) is 1. The van der Waals surface area contributed by atoms with Crippen molar-refractivity contribution in [1.82, 2.24) is 14.7 Å². The van der Waals surface area contributed by atoms with Gasteiger partial charge in [0.25, 0.3) is 0 Å². The van der Waals surface area contributed by atoms with Gasteiger partial charge in [-0.2, -0.15) is 5.10 Å². The number of rotatable bonds is 4. The minimum Gasteiger partial charge on any atom is -0.396 e. The highest BCUT2D eigenvalue weighted by molar-refractivity contribution is 5.81. The molecule has 20 heavy (non-hydrogen) atoms. The number of hydrogen-bond donors (Lipinski definition) is 1. The maximum Gasteiger partial charge on any atom is 0.0843 e. The van der Waals surface area contributed by atoms with Crippen LogP contribution in [0.3, 0.4) is 0 Å². The first kappa shape index (κ1) is 13.6. The average Bonchev–Trinajstić information content (AvgIpc) is 2.86. The number of piperidine rings is 1. The summed E-state index contributed by atoms with van der Waals surface area (Å²) < 4.78 is 2.08. The van der Waals surface area contributed by atoms with Crippen molar-refractivity contribution in [3.63, 3.8) is 0 Å². The zero-order chi connectivity index (χ0) is 13.9. The molecule has 1 unspecified atom stereocenters. The second-order valence-electron chi connectivity index (χ2n) is 5.71.